The van der Waals surface area contributed by atoms with Crippen LogP contribution in [0.2, 0.25) is 0 Å². The molecular formula is C59H41N3. The normalized spacial score (nSPS) is 12.8. The monoisotopic (exact) mass is 791 g/mol. The Morgan fingerprint density at radius 2 is 0.984 bits per heavy atom. The summed E-state index contributed by atoms with van der Waals surface area (Å²) in [5.74, 6) is 0.701. The molecule has 1 aliphatic rings. The van der Waals surface area contributed by atoms with Crippen molar-refractivity contribution in [3.63, 3.8) is 0 Å². The third kappa shape index (κ3) is 5.66. The molecular weight excluding hydrogens is 751 g/mol. The van der Waals surface area contributed by atoms with Gasteiger partial charge in [-0.1, -0.05) is 184 Å². The van der Waals surface area contributed by atoms with Crippen molar-refractivity contribution in [3.05, 3.63) is 223 Å². The van der Waals surface area contributed by atoms with Crippen molar-refractivity contribution in [1.82, 2.24) is 14.5 Å². The maximum atomic E-state index is 5.34. The van der Waals surface area contributed by atoms with E-state index in [9.17, 15) is 0 Å². The average Bonchev–Trinajstić information content (AvgIpc) is 3.79. The summed E-state index contributed by atoms with van der Waals surface area (Å²) in [6, 6.07) is 76.5. The summed E-state index contributed by atoms with van der Waals surface area (Å²) in [6.45, 7) is 4.72. The molecule has 3 heteroatoms. The van der Waals surface area contributed by atoms with Crippen molar-refractivity contribution in [2.75, 3.05) is 0 Å². The SMILES string of the molecule is CC1(C)c2cc3ccccc3cc2-c2c(-c3ccccc3-c3cc(-c4ccc(-c5cccc6c5c5ccccc5n6-c5ccccc5)cc4)nc(-c4ccccc4)n3)cccc21. The van der Waals surface area contributed by atoms with Crippen LogP contribution in [-0.2, 0) is 5.41 Å². The summed E-state index contributed by atoms with van der Waals surface area (Å²) in [6.07, 6.45) is 0. The lowest BCUT2D eigenvalue weighted by atomic mass is 9.81. The molecule has 292 valence electrons. The zero-order valence-electron chi connectivity index (χ0n) is 34.5. The van der Waals surface area contributed by atoms with Crippen molar-refractivity contribution in [2.24, 2.45) is 0 Å². The van der Waals surface area contributed by atoms with E-state index in [2.05, 4.69) is 225 Å². The fraction of sp³-hybridized carbons (Fsp3) is 0.0508. The Morgan fingerprint density at radius 1 is 0.387 bits per heavy atom. The van der Waals surface area contributed by atoms with Gasteiger partial charge < -0.3 is 4.57 Å². The van der Waals surface area contributed by atoms with Crippen LogP contribution in [0.5, 0.6) is 0 Å². The first-order valence-electron chi connectivity index (χ1n) is 21.4. The molecule has 0 unspecified atom stereocenters. The minimum Gasteiger partial charge on any atom is -0.309 e. The molecule has 1 aliphatic carbocycles. The van der Waals surface area contributed by atoms with Crippen molar-refractivity contribution < 1.29 is 0 Å². The molecule has 0 bridgehead atoms. The van der Waals surface area contributed by atoms with Gasteiger partial charge in [0.2, 0.25) is 0 Å². The maximum absolute atomic E-state index is 5.34. The van der Waals surface area contributed by atoms with Gasteiger partial charge in [-0.2, -0.15) is 0 Å². The van der Waals surface area contributed by atoms with Gasteiger partial charge in [-0.15, -0.1) is 0 Å². The molecule has 9 aromatic carbocycles. The summed E-state index contributed by atoms with van der Waals surface area (Å²) in [4.78, 5) is 10.6. The number of hydrogen-bond acceptors (Lipinski definition) is 2. The highest BCUT2D eigenvalue weighted by molar-refractivity contribution is 6.15. The molecule has 2 aromatic heterocycles. The van der Waals surface area contributed by atoms with Gasteiger partial charge in [-0.05, 0) is 97.7 Å². The van der Waals surface area contributed by atoms with Gasteiger partial charge in [0.15, 0.2) is 5.82 Å². The third-order valence-electron chi connectivity index (χ3n) is 13.0. The van der Waals surface area contributed by atoms with E-state index in [4.69, 9.17) is 9.97 Å². The van der Waals surface area contributed by atoms with Gasteiger partial charge in [-0.25, -0.2) is 9.97 Å². The number of hydrogen-bond donors (Lipinski definition) is 0. The van der Waals surface area contributed by atoms with Crippen LogP contribution in [0.25, 0.3) is 106 Å². The molecule has 0 radical (unpaired) electrons. The summed E-state index contributed by atoms with van der Waals surface area (Å²) in [7, 11) is 0. The molecule has 0 saturated heterocycles. The van der Waals surface area contributed by atoms with Gasteiger partial charge in [0.1, 0.15) is 0 Å². The van der Waals surface area contributed by atoms with E-state index in [1.54, 1.807) is 0 Å². The lowest BCUT2D eigenvalue weighted by molar-refractivity contribution is 0.661. The van der Waals surface area contributed by atoms with Gasteiger partial charge >= 0.3 is 0 Å². The van der Waals surface area contributed by atoms with Crippen LogP contribution < -0.4 is 0 Å². The second kappa shape index (κ2) is 14.1. The fourth-order valence-electron chi connectivity index (χ4n) is 10.0. The lowest BCUT2D eigenvalue weighted by Gasteiger charge is -2.22. The first-order chi connectivity index (χ1) is 30.5. The van der Waals surface area contributed by atoms with Crippen LogP contribution in [0, 0.1) is 0 Å². The highest BCUT2D eigenvalue weighted by Crippen LogP contribution is 2.54. The predicted octanol–water partition coefficient (Wildman–Crippen LogP) is 15.4. The summed E-state index contributed by atoms with van der Waals surface area (Å²) < 4.78 is 2.37. The minimum absolute atomic E-state index is 0.140. The highest BCUT2D eigenvalue weighted by atomic mass is 15.0. The first kappa shape index (κ1) is 36.0. The third-order valence-corrected chi connectivity index (χ3v) is 13.0. The Morgan fingerprint density at radius 3 is 1.79 bits per heavy atom. The molecule has 62 heavy (non-hydrogen) atoms. The zero-order valence-corrected chi connectivity index (χ0v) is 34.5. The summed E-state index contributed by atoms with van der Waals surface area (Å²) in [5, 5.41) is 5.02. The fourth-order valence-corrected chi connectivity index (χ4v) is 10.0. The Labute approximate surface area is 361 Å². The summed E-state index contributed by atoms with van der Waals surface area (Å²) in [5.41, 5.74) is 18.3. The number of para-hydroxylation sites is 2. The van der Waals surface area contributed by atoms with E-state index >= 15 is 0 Å². The minimum atomic E-state index is -0.140. The maximum Gasteiger partial charge on any atom is 0.160 e. The highest BCUT2D eigenvalue weighted by Gasteiger charge is 2.37. The molecule has 0 saturated carbocycles. The summed E-state index contributed by atoms with van der Waals surface area (Å²) >= 11 is 0. The second-order valence-corrected chi connectivity index (χ2v) is 16.9. The standard InChI is InChI=1S/C59H41N3/c1-59(2)50-28-15-27-47(56(50)49-35-41-19-9-10-20-42(41)36-51(49)59)45-23-11-12-24-46(45)53-37-52(60-58(61-53)40-17-5-3-6-18-40)39-33-31-38(32-34-39)44-26-16-30-55-57(44)48-25-13-14-29-54(48)62(55)43-21-7-4-8-22-43/h3-37H,1-2H3. The van der Waals surface area contributed by atoms with E-state index < -0.39 is 0 Å². The quantitative estimate of drug-likeness (QED) is 0.168. The van der Waals surface area contributed by atoms with Crippen LogP contribution in [0.4, 0.5) is 0 Å². The van der Waals surface area contributed by atoms with E-state index in [1.165, 1.54) is 66.0 Å². The average molecular weight is 792 g/mol. The number of fused-ring (bicyclic) bond motifs is 7. The largest absolute Gasteiger partial charge is 0.309 e. The second-order valence-electron chi connectivity index (χ2n) is 16.9. The van der Waals surface area contributed by atoms with Gasteiger partial charge in [0.05, 0.1) is 22.4 Å². The lowest BCUT2D eigenvalue weighted by Crippen LogP contribution is -2.14. The van der Waals surface area contributed by atoms with Crippen LogP contribution in [0.1, 0.15) is 25.0 Å². The van der Waals surface area contributed by atoms with Crippen molar-refractivity contribution in [3.8, 4) is 73.0 Å². The van der Waals surface area contributed by atoms with Crippen LogP contribution >= 0.6 is 0 Å². The van der Waals surface area contributed by atoms with Crippen molar-refractivity contribution >= 4 is 32.6 Å². The molecule has 0 spiro atoms. The molecule has 11 aromatic rings. The Bertz CT molecular complexity index is 3520. The number of rotatable bonds is 6. The van der Waals surface area contributed by atoms with Gasteiger partial charge in [0.25, 0.3) is 0 Å². The number of nitrogens with zero attached hydrogens (tertiary/aromatic N) is 3. The van der Waals surface area contributed by atoms with Crippen molar-refractivity contribution in [2.45, 2.75) is 19.3 Å². The molecule has 0 N–H and O–H groups in total. The molecule has 3 nitrogen and oxygen atoms in total. The Balaban J connectivity index is 1.00. The van der Waals surface area contributed by atoms with E-state index in [0.29, 0.717) is 5.82 Å². The van der Waals surface area contributed by atoms with E-state index in [0.717, 1.165) is 44.9 Å². The van der Waals surface area contributed by atoms with Crippen LogP contribution in [0.3, 0.4) is 0 Å². The van der Waals surface area contributed by atoms with Gasteiger partial charge in [-0.3, -0.25) is 0 Å². The van der Waals surface area contributed by atoms with E-state index in [1.807, 2.05) is 6.07 Å². The Kier molecular flexibility index (Phi) is 8.20. The molecule has 0 amide bonds. The molecule has 0 atom stereocenters. The first-order valence-corrected chi connectivity index (χ1v) is 21.4. The number of benzene rings is 9. The Hall–Kier alpha value is -7.88. The molecule has 0 fully saturated rings. The molecule has 2 heterocycles. The van der Waals surface area contributed by atoms with E-state index in [-0.39, 0.29) is 5.41 Å². The molecule has 12 rings (SSSR count). The van der Waals surface area contributed by atoms with Crippen molar-refractivity contribution in [1.29, 1.82) is 0 Å². The van der Waals surface area contributed by atoms with Crippen LogP contribution in [0.15, 0.2) is 212 Å². The predicted molar refractivity (Wildman–Crippen MR) is 259 cm³/mol. The smallest absolute Gasteiger partial charge is 0.160 e. The van der Waals surface area contributed by atoms with Crippen LogP contribution in [-0.4, -0.2) is 14.5 Å². The zero-order chi connectivity index (χ0) is 41.4. The molecule has 0 aliphatic heterocycles. The number of aromatic nitrogens is 3. The topological polar surface area (TPSA) is 30.7 Å². The van der Waals surface area contributed by atoms with Gasteiger partial charge in [0, 0.05) is 38.6 Å².